The van der Waals surface area contributed by atoms with E-state index < -0.39 is 0 Å². The van der Waals surface area contributed by atoms with Crippen molar-refractivity contribution in [2.45, 2.75) is 19.3 Å². The van der Waals surface area contributed by atoms with Gasteiger partial charge in [-0.05, 0) is 24.8 Å². The Hall–Kier alpha value is -1.90. The van der Waals surface area contributed by atoms with Gasteiger partial charge in [-0.15, -0.1) is 0 Å². The fourth-order valence-corrected chi connectivity index (χ4v) is 2.20. The molecule has 2 rings (SSSR count). The average molecular weight is 288 g/mol. The third-order valence-corrected chi connectivity index (χ3v) is 3.39. The van der Waals surface area contributed by atoms with E-state index in [4.69, 9.17) is 9.84 Å². The summed E-state index contributed by atoms with van der Waals surface area (Å²) in [6.45, 7) is 2.27. The van der Waals surface area contributed by atoms with Gasteiger partial charge in [0.1, 0.15) is 0 Å². The van der Waals surface area contributed by atoms with Gasteiger partial charge < -0.3 is 15.2 Å². The molecule has 1 aromatic rings. The van der Waals surface area contributed by atoms with Crippen LogP contribution in [0.25, 0.3) is 0 Å². The number of aliphatic hydroxyl groups is 1. The predicted octanol–water partition coefficient (Wildman–Crippen LogP) is 0.972. The molecule has 0 aromatic carbocycles. The first-order chi connectivity index (χ1) is 10.3. The van der Waals surface area contributed by atoms with E-state index >= 15 is 0 Å². The van der Waals surface area contributed by atoms with Gasteiger partial charge in [-0.2, -0.15) is 0 Å². The van der Waals surface area contributed by atoms with E-state index in [9.17, 15) is 4.79 Å². The van der Waals surface area contributed by atoms with Crippen LogP contribution in [0.2, 0.25) is 0 Å². The first-order valence-corrected chi connectivity index (χ1v) is 7.21. The molecule has 1 atom stereocenters. The second-order valence-electron chi connectivity index (χ2n) is 4.97. The fourth-order valence-electron chi connectivity index (χ4n) is 2.20. The SMILES string of the molecule is O=C(NCCC1CCOC1)c1ccncc1C#CCCO. The number of aromatic nitrogens is 1. The Balaban J connectivity index is 1.90. The zero-order valence-corrected chi connectivity index (χ0v) is 12.0. The van der Waals surface area contributed by atoms with Gasteiger partial charge >= 0.3 is 0 Å². The topological polar surface area (TPSA) is 71.5 Å². The van der Waals surface area contributed by atoms with E-state index in [1.54, 1.807) is 18.5 Å². The van der Waals surface area contributed by atoms with Crippen molar-refractivity contribution in [1.29, 1.82) is 0 Å². The number of amides is 1. The standard InChI is InChI=1S/C16H20N2O3/c19-9-2-1-3-14-11-17-7-5-15(14)16(20)18-8-4-13-6-10-21-12-13/h5,7,11,13,19H,2,4,6,8-10,12H2,(H,18,20). The largest absolute Gasteiger partial charge is 0.395 e. The minimum absolute atomic E-state index is 0.0122. The zero-order chi connectivity index (χ0) is 14.9. The Kier molecular flexibility index (Phi) is 6.20. The molecule has 1 aromatic heterocycles. The summed E-state index contributed by atoms with van der Waals surface area (Å²) in [4.78, 5) is 16.2. The van der Waals surface area contributed by atoms with Crippen LogP contribution in [0.3, 0.4) is 0 Å². The number of hydrogen-bond donors (Lipinski definition) is 2. The second-order valence-corrected chi connectivity index (χ2v) is 4.97. The Morgan fingerprint density at radius 2 is 2.48 bits per heavy atom. The van der Waals surface area contributed by atoms with Gasteiger partial charge in [-0.1, -0.05) is 11.8 Å². The van der Waals surface area contributed by atoms with E-state index in [2.05, 4.69) is 22.1 Å². The van der Waals surface area contributed by atoms with Gasteiger partial charge in [0.15, 0.2) is 0 Å². The minimum Gasteiger partial charge on any atom is -0.395 e. The number of rotatable bonds is 5. The van der Waals surface area contributed by atoms with Gasteiger partial charge in [0.25, 0.3) is 5.91 Å². The molecule has 5 nitrogen and oxygen atoms in total. The fraction of sp³-hybridized carbons (Fsp3) is 0.500. The highest BCUT2D eigenvalue weighted by molar-refractivity contribution is 5.96. The molecule has 1 aliphatic heterocycles. The lowest BCUT2D eigenvalue weighted by atomic mass is 10.1. The summed E-state index contributed by atoms with van der Waals surface area (Å²) >= 11 is 0. The molecule has 1 unspecified atom stereocenters. The van der Waals surface area contributed by atoms with Crippen LogP contribution in [0, 0.1) is 17.8 Å². The highest BCUT2D eigenvalue weighted by atomic mass is 16.5. The molecule has 0 bridgehead atoms. The van der Waals surface area contributed by atoms with Crippen molar-refractivity contribution in [2.75, 3.05) is 26.4 Å². The molecule has 21 heavy (non-hydrogen) atoms. The Bertz CT molecular complexity index is 528. The van der Waals surface area contributed by atoms with Crippen LogP contribution in [0.5, 0.6) is 0 Å². The van der Waals surface area contributed by atoms with Crippen LogP contribution in [-0.2, 0) is 4.74 Å². The van der Waals surface area contributed by atoms with E-state index in [0.717, 1.165) is 26.1 Å². The Morgan fingerprint density at radius 3 is 3.24 bits per heavy atom. The van der Waals surface area contributed by atoms with Gasteiger partial charge in [0.2, 0.25) is 0 Å². The molecule has 112 valence electrons. The molecule has 0 aliphatic carbocycles. The minimum atomic E-state index is -0.135. The smallest absolute Gasteiger partial charge is 0.252 e. The van der Waals surface area contributed by atoms with Crippen molar-refractivity contribution >= 4 is 5.91 Å². The Morgan fingerprint density at radius 1 is 1.57 bits per heavy atom. The maximum atomic E-state index is 12.2. The predicted molar refractivity (Wildman–Crippen MR) is 78.7 cm³/mol. The molecule has 5 heteroatoms. The van der Waals surface area contributed by atoms with Gasteiger partial charge in [-0.25, -0.2) is 0 Å². The van der Waals surface area contributed by atoms with Crippen molar-refractivity contribution in [1.82, 2.24) is 10.3 Å². The van der Waals surface area contributed by atoms with Crippen molar-refractivity contribution in [3.63, 3.8) is 0 Å². The van der Waals surface area contributed by atoms with E-state index in [1.807, 2.05) is 0 Å². The summed E-state index contributed by atoms with van der Waals surface area (Å²) in [6.07, 6.45) is 5.55. The number of hydrogen-bond acceptors (Lipinski definition) is 4. The zero-order valence-electron chi connectivity index (χ0n) is 12.0. The normalized spacial score (nSPS) is 17.1. The number of nitrogens with one attached hydrogen (secondary N) is 1. The molecular weight excluding hydrogens is 268 g/mol. The molecule has 1 aliphatic rings. The highest BCUT2D eigenvalue weighted by Crippen LogP contribution is 2.15. The van der Waals surface area contributed by atoms with Gasteiger partial charge in [0.05, 0.1) is 17.7 Å². The summed E-state index contributed by atoms with van der Waals surface area (Å²) in [5.41, 5.74) is 1.12. The lowest BCUT2D eigenvalue weighted by Crippen LogP contribution is -2.26. The van der Waals surface area contributed by atoms with Crippen LogP contribution >= 0.6 is 0 Å². The maximum absolute atomic E-state index is 12.2. The molecule has 2 N–H and O–H groups in total. The number of pyridine rings is 1. The summed E-state index contributed by atoms with van der Waals surface area (Å²) in [7, 11) is 0. The van der Waals surface area contributed by atoms with Crippen LogP contribution in [0.15, 0.2) is 18.5 Å². The maximum Gasteiger partial charge on any atom is 0.252 e. The van der Waals surface area contributed by atoms with Crippen molar-refractivity contribution in [3.8, 4) is 11.8 Å². The first-order valence-electron chi connectivity index (χ1n) is 7.21. The number of carbonyl (C=O) groups excluding carboxylic acids is 1. The van der Waals surface area contributed by atoms with Crippen LogP contribution in [0.4, 0.5) is 0 Å². The molecule has 0 spiro atoms. The molecule has 1 fully saturated rings. The van der Waals surface area contributed by atoms with Crippen LogP contribution < -0.4 is 5.32 Å². The summed E-state index contributed by atoms with van der Waals surface area (Å²) in [5, 5.41) is 11.7. The van der Waals surface area contributed by atoms with E-state index in [0.29, 0.717) is 30.0 Å². The van der Waals surface area contributed by atoms with E-state index in [-0.39, 0.29) is 12.5 Å². The lowest BCUT2D eigenvalue weighted by molar-refractivity contribution is 0.0950. The van der Waals surface area contributed by atoms with Crippen molar-refractivity contribution in [3.05, 3.63) is 29.6 Å². The van der Waals surface area contributed by atoms with Crippen molar-refractivity contribution < 1.29 is 14.6 Å². The van der Waals surface area contributed by atoms with Gasteiger partial charge in [-0.3, -0.25) is 9.78 Å². The van der Waals surface area contributed by atoms with Crippen LogP contribution in [-0.4, -0.2) is 42.4 Å². The third-order valence-electron chi connectivity index (χ3n) is 3.39. The summed E-state index contributed by atoms with van der Waals surface area (Å²) < 4.78 is 5.31. The monoisotopic (exact) mass is 288 g/mol. The van der Waals surface area contributed by atoms with Gasteiger partial charge in [0, 0.05) is 38.6 Å². The highest BCUT2D eigenvalue weighted by Gasteiger charge is 2.16. The molecule has 0 saturated carbocycles. The quantitative estimate of drug-likeness (QED) is 0.792. The second kappa shape index (κ2) is 8.40. The summed E-state index contributed by atoms with van der Waals surface area (Å²) in [5.74, 6) is 6.10. The molecule has 1 amide bonds. The molecule has 0 radical (unpaired) electrons. The van der Waals surface area contributed by atoms with E-state index in [1.165, 1.54) is 0 Å². The number of carbonyl (C=O) groups is 1. The average Bonchev–Trinajstić information content (AvgIpc) is 3.01. The third kappa shape index (κ3) is 4.85. The van der Waals surface area contributed by atoms with Crippen molar-refractivity contribution in [2.24, 2.45) is 5.92 Å². The molecule has 1 saturated heterocycles. The summed E-state index contributed by atoms with van der Waals surface area (Å²) in [6, 6.07) is 1.66. The Labute approximate surface area is 124 Å². The number of nitrogens with zero attached hydrogens (tertiary/aromatic N) is 1. The van der Waals surface area contributed by atoms with Crippen LogP contribution in [0.1, 0.15) is 35.2 Å². The lowest BCUT2D eigenvalue weighted by Gasteiger charge is -2.09. The number of aliphatic hydroxyl groups excluding tert-OH is 1. The molecular formula is C16H20N2O3. The molecule has 2 heterocycles. The first kappa shape index (κ1) is 15.5. The number of ether oxygens (including phenoxy) is 1.